The molecule has 2 saturated heterocycles. The number of hydrogen-bond donors (Lipinski definition) is 3. The zero-order valence-corrected chi connectivity index (χ0v) is 40.1. The van der Waals surface area contributed by atoms with E-state index in [2.05, 4.69) is 0 Å². The van der Waals surface area contributed by atoms with Crippen molar-refractivity contribution in [2.45, 2.75) is 180 Å². The first-order valence-corrected chi connectivity index (χ1v) is 23.7. The predicted octanol–water partition coefficient (Wildman–Crippen LogP) is 6.18. The number of hydrogen-bond acceptors (Lipinski definition) is 13. The number of ketones is 3. The molecular weight excluding hydrogens is 836 g/mol. The number of aliphatic hydroxyl groups excluding tert-OH is 2. The zero-order valence-electron chi connectivity index (χ0n) is 43.1. The minimum absolute atomic E-state index is 0.0213. The molecule has 1 amide bonds. The maximum absolute atomic E-state index is 14.4. The second-order valence-electron chi connectivity index (χ2n) is 19.5. The molecule has 0 aromatic carbocycles. The van der Waals surface area contributed by atoms with Gasteiger partial charge in [-0.25, -0.2) is 4.79 Å². The molecule has 2 bridgehead atoms. The number of methoxy groups -OCH3 is 3. The van der Waals surface area contributed by atoms with Gasteiger partial charge in [0.2, 0.25) is 5.79 Å². The number of Topliss-reactive ketones (excluding diaryl/α,β-unsaturated/α-hetero) is 3. The Hall–Kier alpha value is -3.37. The molecule has 3 heterocycles. The average molecular weight is 918 g/mol. The van der Waals surface area contributed by atoms with Gasteiger partial charge in [-0.2, -0.15) is 0 Å². The van der Waals surface area contributed by atoms with Gasteiger partial charge in [-0.1, -0.05) is 71.1 Å². The monoisotopic (exact) mass is 918 g/mol. The lowest BCUT2D eigenvalue weighted by Gasteiger charge is -2.42. The zero-order chi connectivity index (χ0) is 50.7. The van der Waals surface area contributed by atoms with Crippen LogP contribution in [-0.2, 0) is 47.7 Å². The van der Waals surface area contributed by atoms with E-state index in [-0.39, 0.29) is 67.7 Å². The highest BCUT2D eigenvalue weighted by Gasteiger charge is 2.53. The summed E-state index contributed by atoms with van der Waals surface area (Å²) in [4.78, 5) is 71.9. The fraction of sp³-hybridized carbons (Fsp3) is 0.745. The summed E-state index contributed by atoms with van der Waals surface area (Å²) in [6, 6.07) is -1.21. The summed E-state index contributed by atoms with van der Waals surface area (Å²) in [5, 5.41) is 33.9. The van der Waals surface area contributed by atoms with Crippen molar-refractivity contribution in [1.29, 1.82) is 0 Å². The van der Waals surface area contributed by atoms with Crippen LogP contribution in [-0.4, -0.2) is 132 Å². The summed E-state index contributed by atoms with van der Waals surface area (Å²) in [7, 11) is 0.102. The lowest BCUT2D eigenvalue weighted by molar-refractivity contribution is -0.265. The van der Waals surface area contributed by atoms with Crippen LogP contribution in [0.25, 0.3) is 0 Å². The maximum atomic E-state index is 14.4. The molecule has 3 fully saturated rings. The number of aliphatic hydroxyl groups is 3. The third-order valence-electron chi connectivity index (χ3n) is 14.3. The van der Waals surface area contributed by atoms with Crippen LogP contribution < -0.4 is 0 Å². The van der Waals surface area contributed by atoms with Crippen LogP contribution in [0.4, 0.5) is 0 Å². The first-order chi connectivity index (χ1) is 31.9. The quantitative estimate of drug-likeness (QED) is 0.118. The number of allylic oxidation sites excluding steroid dienone is 6. The SMILES string of the molecule is [2H][13C]([2H])([2H])O[C@H]1C[C@@H]2CC[C@@H](C)[C@@](O)(O2)C(=O)C(=O)N2CCCC[C@H]2C(=O)O[C@H]([C@H](C)C[C@@H]2CC[C@@H](O)[C@H](OC)C2)CC(=O)[C@H](C)/C=C(/C)[C@@H](O)[C@@H](OC)C(=O)[C@H](C)C[C@H](C)/C=C\C=CC=C1C. The van der Waals surface area contributed by atoms with Gasteiger partial charge in [-0.05, 0) is 107 Å². The fourth-order valence-corrected chi connectivity index (χ4v) is 9.98. The van der Waals surface area contributed by atoms with Crippen LogP contribution in [0.2, 0.25) is 0 Å². The third-order valence-corrected chi connectivity index (χ3v) is 14.3. The highest BCUT2D eigenvalue weighted by molar-refractivity contribution is 6.39. The van der Waals surface area contributed by atoms with Gasteiger partial charge >= 0.3 is 5.97 Å². The van der Waals surface area contributed by atoms with E-state index in [9.17, 15) is 39.3 Å². The Balaban J connectivity index is 1.73. The lowest BCUT2D eigenvalue weighted by Crippen LogP contribution is -2.61. The average Bonchev–Trinajstić information content (AvgIpc) is 3.28. The van der Waals surface area contributed by atoms with Crippen LogP contribution >= 0.6 is 0 Å². The molecule has 1 saturated carbocycles. The van der Waals surface area contributed by atoms with E-state index < -0.39 is 90.9 Å². The van der Waals surface area contributed by atoms with Gasteiger partial charge in [0, 0.05) is 58.4 Å². The molecule has 1 aliphatic carbocycles. The van der Waals surface area contributed by atoms with Crippen molar-refractivity contribution in [3.63, 3.8) is 0 Å². The summed E-state index contributed by atoms with van der Waals surface area (Å²) in [5.41, 5.74) is 0.882. The lowest BCUT2D eigenvalue weighted by atomic mass is 9.78. The minimum atomic E-state index is -2.80. The molecule has 15 atom stereocenters. The Morgan fingerprint density at radius 3 is 2.32 bits per heavy atom. The fourth-order valence-electron chi connectivity index (χ4n) is 9.98. The molecule has 14 heteroatoms. The molecule has 3 aliphatic heterocycles. The molecule has 0 aromatic rings. The van der Waals surface area contributed by atoms with Gasteiger partial charge in [-0.15, -0.1) is 0 Å². The Morgan fingerprint density at radius 1 is 0.892 bits per heavy atom. The van der Waals surface area contributed by atoms with Crippen LogP contribution in [0.5, 0.6) is 0 Å². The van der Waals surface area contributed by atoms with Gasteiger partial charge < -0.3 is 43.9 Å². The van der Waals surface area contributed by atoms with Crippen LogP contribution in [0.3, 0.4) is 0 Å². The predicted molar refractivity (Wildman–Crippen MR) is 245 cm³/mol. The number of piperidine rings is 1. The Morgan fingerprint density at radius 2 is 1.63 bits per heavy atom. The number of amides is 1. The van der Waals surface area contributed by atoms with Crippen LogP contribution in [0.15, 0.2) is 47.6 Å². The number of fused-ring (bicyclic) bond motifs is 3. The number of ether oxygens (including phenoxy) is 5. The largest absolute Gasteiger partial charge is 0.460 e. The number of carbonyl (C=O) groups is 5. The molecule has 4 rings (SSSR count). The molecule has 366 valence electrons. The Bertz CT molecular complexity index is 1870. The second-order valence-corrected chi connectivity index (χ2v) is 19.5. The van der Waals surface area contributed by atoms with Crippen molar-refractivity contribution in [3.8, 4) is 0 Å². The Labute approximate surface area is 391 Å². The van der Waals surface area contributed by atoms with Crippen molar-refractivity contribution in [3.05, 3.63) is 47.6 Å². The van der Waals surface area contributed by atoms with E-state index in [1.165, 1.54) is 7.11 Å². The van der Waals surface area contributed by atoms with Crippen molar-refractivity contribution in [2.75, 3.05) is 27.8 Å². The molecule has 3 N–H and O–H groups in total. The molecule has 65 heavy (non-hydrogen) atoms. The smallest absolute Gasteiger partial charge is 0.329 e. The van der Waals surface area contributed by atoms with Crippen molar-refractivity contribution in [1.82, 2.24) is 4.90 Å². The maximum Gasteiger partial charge on any atom is 0.329 e. The van der Waals surface area contributed by atoms with Gasteiger partial charge in [0.1, 0.15) is 30.1 Å². The minimum Gasteiger partial charge on any atom is -0.460 e. The summed E-state index contributed by atoms with van der Waals surface area (Å²) in [6.07, 6.45) is 8.32. The standard InChI is InChI=1S/C51H79NO13/c1-30-16-12-11-13-17-31(2)42(61-8)28-38-21-19-36(7)51(60,65-38)48(57)49(58)52-23-15-14-18-39(52)50(59)64-43(33(4)26-37-20-22-40(53)44(27-37)62-9)29-41(54)32(3)25-35(6)46(56)47(63-10)45(55)34(5)24-30/h11-13,16-17,25,30,32-34,36-40,42-44,46-47,53,56,60H,14-15,18-24,26-29H2,1-10H3/b13-11?,16-12-,31-17?,35-25-/t30-,32-,33-,34-,36-,37+,38+,39+,40-,42+,43+,44-,46-,47+,51-/m1/s1/i8+1D3. The van der Waals surface area contributed by atoms with Crippen molar-refractivity contribution >= 4 is 29.2 Å². The van der Waals surface area contributed by atoms with Gasteiger partial charge in [0.15, 0.2) is 5.78 Å². The number of esters is 1. The first kappa shape index (κ1) is 49.5. The molecule has 14 nitrogen and oxygen atoms in total. The molecular formula is C51H79NO13. The summed E-state index contributed by atoms with van der Waals surface area (Å²) in [6.45, 7) is 12.2. The molecule has 0 aromatic heterocycles. The number of rotatable bonds is 6. The van der Waals surface area contributed by atoms with E-state index >= 15 is 0 Å². The number of nitrogens with zero attached hydrogens (tertiary/aromatic N) is 1. The summed E-state index contributed by atoms with van der Waals surface area (Å²) < 4.78 is 52.5. The van der Waals surface area contributed by atoms with E-state index in [0.29, 0.717) is 62.5 Å². The van der Waals surface area contributed by atoms with Crippen molar-refractivity contribution < 1.29 is 67.1 Å². The van der Waals surface area contributed by atoms with Gasteiger partial charge in [-0.3, -0.25) is 19.2 Å². The number of cyclic esters (lactones) is 1. The van der Waals surface area contributed by atoms with Gasteiger partial charge in [0.25, 0.3) is 11.7 Å². The second kappa shape index (κ2) is 25.1. The Kier molecular flexibility index (Phi) is 19.1. The van der Waals surface area contributed by atoms with E-state index in [1.54, 1.807) is 72.1 Å². The van der Waals surface area contributed by atoms with Crippen LogP contribution in [0, 0.1) is 35.5 Å². The molecule has 0 radical (unpaired) electrons. The number of carbonyl (C=O) groups excluding carboxylic acids is 5. The van der Waals surface area contributed by atoms with Crippen LogP contribution in [0.1, 0.15) is 130 Å². The molecule has 0 spiro atoms. The summed E-state index contributed by atoms with van der Waals surface area (Å²) in [5.74, 6) is -8.82. The highest BCUT2D eigenvalue weighted by Crippen LogP contribution is 2.38. The molecule has 0 unspecified atom stereocenters. The van der Waals surface area contributed by atoms with Gasteiger partial charge in [0.05, 0.1) is 28.5 Å². The first-order valence-electron chi connectivity index (χ1n) is 25.2. The topological polar surface area (TPSA) is 195 Å². The van der Waals surface area contributed by atoms with E-state index in [4.69, 9.17) is 27.8 Å². The molecule has 4 aliphatic rings. The highest BCUT2D eigenvalue weighted by atomic mass is 16.6. The van der Waals surface area contributed by atoms with Crippen molar-refractivity contribution in [2.24, 2.45) is 35.5 Å². The van der Waals surface area contributed by atoms with E-state index in [0.717, 1.165) is 4.90 Å². The summed E-state index contributed by atoms with van der Waals surface area (Å²) >= 11 is 0. The normalized spacial score (nSPS) is 40.0. The third kappa shape index (κ3) is 14.3. The van der Waals surface area contributed by atoms with E-state index in [1.807, 2.05) is 19.9 Å².